The molecule has 0 unspecified atom stereocenters. The molecule has 1 aromatic rings. The Hall–Kier alpha value is -1.91. The summed E-state index contributed by atoms with van der Waals surface area (Å²) in [6.07, 6.45) is 7.09. The highest BCUT2D eigenvalue weighted by Crippen LogP contribution is 2.27. The van der Waals surface area contributed by atoms with Gasteiger partial charge in [-0.2, -0.15) is 0 Å². The van der Waals surface area contributed by atoms with E-state index >= 15 is 0 Å². The zero-order valence-corrected chi connectivity index (χ0v) is 13.7. The first-order chi connectivity index (χ1) is 11.1. The van der Waals surface area contributed by atoms with Crippen molar-refractivity contribution in [3.8, 4) is 5.75 Å². The summed E-state index contributed by atoms with van der Waals surface area (Å²) < 4.78 is 4.81. The zero-order valence-electron chi connectivity index (χ0n) is 13.7. The Bertz CT molecular complexity index is 550. The Labute approximate surface area is 137 Å². The summed E-state index contributed by atoms with van der Waals surface area (Å²) >= 11 is 0. The van der Waals surface area contributed by atoms with E-state index in [1.54, 1.807) is 13.0 Å². The number of ether oxygens (including phenoxy) is 1. The molecule has 0 amide bonds. The van der Waals surface area contributed by atoms with Crippen molar-refractivity contribution < 1.29 is 19.4 Å². The predicted octanol–water partition coefficient (Wildman–Crippen LogP) is 3.44. The molecular weight excluding hydrogens is 294 g/mol. The molecule has 1 aromatic heterocycles. The molecule has 1 heterocycles. The number of Topliss-reactive ketones (excluding diaryl/α,β-unsaturated/α-hetero) is 1. The van der Waals surface area contributed by atoms with Crippen LogP contribution in [0, 0.1) is 5.92 Å². The van der Waals surface area contributed by atoms with Crippen LogP contribution in [0.2, 0.25) is 0 Å². The summed E-state index contributed by atoms with van der Waals surface area (Å²) in [4.78, 5) is 27.9. The summed E-state index contributed by atoms with van der Waals surface area (Å²) in [6.45, 7) is 2.02. The molecule has 1 aliphatic rings. The van der Waals surface area contributed by atoms with Gasteiger partial charge in [0.2, 0.25) is 0 Å². The number of hydrogen-bond donors (Lipinski definition) is 1. The van der Waals surface area contributed by atoms with E-state index in [2.05, 4.69) is 4.98 Å². The Morgan fingerprint density at radius 2 is 1.96 bits per heavy atom. The maximum Gasteiger partial charge on any atom is 0.306 e. The lowest BCUT2D eigenvalue weighted by molar-refractivity contribution is -0.143. The molecule has 0 radical (unpaired) electrons. The first kappa shape index (κ1) is 17.4. The highest BCUT2D eigenvalue weighted by Gasteiger charge is 2.19. The molecule has 0 spiro atoms. The molecule has 0 atom stereocenters. The number of ketones is 1. The lowest BCUT2D eigenvalue weighted by Crippen LogP contribution is -2.13. The number of esters is 1. The number of rotatable bonds is 7. The van der Waals surface area contributed by atoms with E-state index in [4.69, 9.17) is 4.74 Å². The van der Waals surface area contributed by atoms with Crippen LogP contribution in [-0.2, 0) is 16.0 Å². The van der Waals surface area contributed by atoms with Crippen molar-refractivity contribution in [2.75, 3.05) is 6.61 Å². The summed E-state index contributed by atoms with van der Waals surface area (Å²) in [6, 6.07) is 3.31. The molecule has 1 N–H and O–H groups in total. The summed E-state index contributed by atoms with van der Waals surface area (Å²) in [5, 5.41) is 9.88. The van der Waals surface area contributed by atoms with Gasteiger partial charge in [0.1, 0.15) is 11.4 Å². The molecule has 5 nitrogen and oxygen atoms in total. The SMILES string of the molecule is CCOC(=O)CCC(=O)c1nc(CC2CCCCC2)ccc1O. The van der Waals surface area contributed by atoms with Crippen molar-refractivity contribution >= 4 is 11.8 Å². The van der Waals surface area contributed by atoms with Crippen LogP contribution in [0.25, 0.3) is 0 Å². The largest absolute Gasteiger partial charge is 0.506 e. The van der Waals surface area contributed by atoms with Gasteiger partial charge in [0, 0.05) is 12.1 Å². The second-order valence-corrected chi connectivity index (χ2v) is 6.11. The van der Waals surface area contributed by atoms with E-state index in [-0.39, 0.29) is 30.1 Å². The minimum Gasteiger partial charge on any atom is -0.506 e. The third kappa shape index (κ3) is 5.34. The highest BCUT2D eigenvalue weighted by molar-refractivity contribution is 5.98. The van der Waals surface area contributed by atoms with Crippen molar-refractivity contribution in [2.24, 2.45) is 5.92 Å². The number of nitrogens with zero attached hydrogens (tertiary/aromatic N) is 1. The van der Waals surface area contributed by atoms with E-state index in [1.807, 2.05) is 0 Å². The Morgan fingerprint density at radius 3 is 2.65 bits per heavy atom. The number of pyridine rings is 1. The van der Waals surface area contributed by atoms with Gasteiger partial charge < -0.3 is 9.84 Å². The van der Waals surface area contributed by atoms with E-state index in [9.17, 15) is 14.7 Å². The lowest BCUT2D eigenvalue weighted by atomic mass is 9.86. The lowest BCUT2D eigenvalue weighted by Gasteiger charge is -2.21. The third-order valence-corrected chi connectivity index (χ3v) is 4.28. The molecule has 23 heavy (non-hydrogen) atoms. The predicted molar refractivity (Wildman–Crippen MR) is 86.4 cm³/mol. The zero-order chi connectivity index (χ0) is 16.7. The highest BCUT2D eigenvalue weighted by atomic mass is 16.5. The minimum atomic E-state index is -0.404. The second-order valence-electron chi connectivity index (χ2n) is 6.11. The van der Waals surface area contributed by atoms with Crippen molar-refractivity contribution in [1.82, 2.24) is 4.98 Å². The normalized spacial score (nSPS) is 15.3. The fourth-order valence-electron chi connectivity index (χ4n) is 3.07. The van der Waals surface area contributed by atoms with E-state index in [0.717, 1.165) is 12.1 Å². The molecule has 0 aromatic carbocycles. The molecule has 5 heteroatoms. The monoisotopic (exact) mass is 319 g/mol. The Balaban J connectivity index is 1.98. The summed E-state index contributed by atoms with van der Waals surface area (Å²) in [5.41, 5.74) is 0.914. The van der Waals surface area contributed by atoms with Gasteiger partial charge in [0.15, 0.2) is 5.78 Å². The molecule has 1 saturated carbocycles. The molecular formula is C18H25NO4. The first-order valence-corrected chi connectivity index (χ1v) is 8.48. The van der Waals surface area contributed by atoms with Gasteiger partial charge in [-0.3, -0.25) is 9.59 Å². The first-order valence-electron chi connectivity index (χ1n) is 8.48. The van der Waals surface area contributed by atoms with Gasteiger partial charge in [-0.05, 0) is 31.4 Å². The fourth-order valence-corrected chi connectivity index (χ4v) is 3.07. The molecule has 126 valence electrons. The van der Waals surface area contributed by atoms with Crippen LogP contribution in [0.4, 0.5) is 0 Å². The third-order valence-electron chi connectivity index (χ3n) is 4.28. The standard InChI is InChI=1S/C18H25NO4/c1-2-23-17(22)11-10-16(21)18-15(20)9-8-14(19-18)12-13-6-4-3-5-7-13/h8-9,13,20H,2-7,10-12H2,1H3. The molecule has 2 rings (SSSR count). The fraction of sp³-hybridized carbons (Fsp3) is 0.611. The Kier molecular flexibility index (Phi) is 6.56. The molecule has 0 saturated heterocycles. The van der Waals surface area contributed by atoms with Crippen LogP contribution in [0.15, 0.2) is 12.1 Å². The average molecular weight is 319 g/mol. The van der Waals surface area contributed by atoms with Gasteiger partial charge >= 0.3 is 5.97 Å². The van der Waals surface area contributed by atoms with Crippen LogP contribution in [-0.4, -0.2) is 28.4 Å². The maximum absolute atomic E-state index is 12.2. The van der Waals surface area contributed by atoms with Crippen LogP contribution in [0.1, 0.15) is 68.1 Å². The number of aromatic hydroxyl groups is 1. The van der Waals surface area contributed by atoms with Crippen LogP contribution >= 0.6 is 0 Å². The quantitative estimate of drug-likeness (QED) is 0.615. The number of carbonyl (C=O) groups excluding carboxylic acids is 2. The molecule has 1 fully saturated rings. The van der Waals surface area contributed by atoms with Crippen molar-refractivity contribution in [3.63, 3.8) is 0 Å². The van der Waals surface area contributed by atoms with Crippen LogP contribution in [0.3, 0.4) is 0 Å². The van der Waals surface area contributed by atoms with Crippen molar-refractivity contribution in [2.45, 2.75) is 58.3 Å². The summed E-state index contributed by atoms with van der Waals surface area (Å²) in [5.74, 6) is -0.228. The van der Waals surface area contributed by atoms with Gasteiger partial charge in [0.05, 0.1) is 13.0 Å². The van der Waals surface area contributed by atoms with Crippen LogP contribution < -0.4 is 0 Å². The van der Waals surface area contributed by atoms with E-state index in [0.29, 0.717) is 12.5 Å². The number of hydrogen-bond acceptors (Lipinski definition) is 5. The Morgan fingerprint density at radius 1 is 1.22 bits per heavy atom. The van der Waals surface area contributed by atoms with Gasteiger partial charge in [-0.1, -0.05) is 32.1 Å². The van der Waals surface area contributed by atoms with Gasteiger partial charge in [0.25, 0.3) is 0 Å². The van der Waals surface area contributed by atoms with Crippen LogP contribution in [0.5, 0.6) is 5.75 Å². The average Bonchev–Trinajstić information content (AvgIpc) is 2.55. The number of carbonyl (C=O) groups is 2. The molecule has 0 bridgehead atoms. The van der Waals surface area contributed by atoms with Gasteiger partial charge in [-0.15, -0.1) is 0 Å². The van der Waals surface area contributed by atoms with Gasteiger partial charge in [-0.25, -0.2) is 4.98 Å². The second kappa shape index (κ2) is 8.65. The smallest absolute Gasteiger partial charge is 0.306 e. The van der Waals surface area contributed by atoms with E-state index < -0.39 is 5.97 Å². The molecule has 1 aliphatic carbocycles. The van der Waals surface area contributed by atoms with Crippen molar-refractivity contribution in [3.05, 3.63) is 23.5 Å². The van der Waals surface area contributed by atoms with E-state index in [1.165, 1.54) is 38.2 Å². The van der Waals surface area contributed by atoms with Crippen molar-refractivity contribution in [1.29, 1.82) is 0 Å². The molecule has 0 aliphatic heterocycles. The maximum atomic E-state index is 12.2. The summed E-state index contributed by atoms with van der Waals surface area (Å²) in [7, 11) is 0. The number of aromatic nitrogens is 1. The topological polar surface area (TPSA) is 76.5 Å². The minimum absolute atomic E-state index is 0.00623.